The predicted octanol–water partition coefficient (Wildman–Crippen LogP) is 4.42. The molecule has 8 heteroatoms. The Morgan fingerprint density at radius 1 is 1.14 bits per heavy atom. The molecule has 0 fully saturated rings. The molecule has 0 atom stereocenters. The van der Waals surface area contributed by atoms with Gasteiger partial charge in [0.2, 0.25) is 0 Å². The van der Waals surface area contributed by atoms with Gasteiger partial charge in [0, 0.05) is 24.2 Å². The Bertz CT molecular complexity index is 1040. The standard InChI is InChI=1S/C21H24N4O3S/c1-14-12-15(2)19-18(13-14)29-21(22-19)24(11-5-10-23(3)4)20(26)16-6-8-17(9-7-16)25(27)28/h6-9,12-13H,5,10-11H2,1-4H3. The lowest BCUT2D eigenvalue weighted by Crippen LogP contribution is -2.33. The average molecular weight is 413 g/mol. The van der Waals surface area contributed by atoms with Crippen molar-refractivity contribution >= 4 is 38.3 Å². The van der Waals surface area contributed by atoms with Crippen LogP contribution in [-0.4, -0.2) is 47.9 Å². The number of non-ortho nitro benzene ring substituents is 1. The zero-order valence-corrected chi connectivity index (χ0v) is 17.8. The number of aryl methyl sites for hydroxylation is 2. The van der Waals surface area contributed by atoms with Crippen LogP contribution in [0.5, 0.6) is 0 Å². The third-order valence-electron chi connectivity index (χ3n) is 4.61. The molecule has 0 unspecified atom stereocenters. The van der Waals surface area contributed by atoms with Crippen molar-refractivity contribution in [2.45, 2.75) is 20.3 Å². The van der Waals surface area contributed by atoms with Gasteiger partial charge in [0.1, 0.15) is 0 Å². The van der Waals surface area contributed by atoms with Crippen LogP contribution in [0.4, 0.5) is 10.8 Å². The number of benzene rings is 2. The highest BCUT2D eigenvalue weighted by atomic mass is 32.1. The number of amides is 1. The maximum atomic E-state index is 13.2. The fourth-order valence-electron chi connectivity index (χ4n) is 3.19. The van der Waals surface area contributed by atoms with Gasteiger partial charge in [-0.15, -0.1) is 0 Å². The molecular formula is C21H24N4O3S. The first-order chi connectivity index (χ1) is 13.8. The predicted molar refractivity (Wildman–Crippen MR) is 117 cm³/mol. The van der Waals surface area contributed by atoms with Crippen LogP contribution in [0.3, 0.4) is 0 Å². The number of anilines is 1. The van der Waals surface area contributed by atoms with E-state index in [2.05, 4.69) is 17.0 Å². The number of hydrogen-bond donors (Lipinski definition) is 0. The van der Waals surface area contributed by atoms with Crippen LogP contribution < -0.4 is 4.90 Å². The largest absolute Gasteiger partial charge is 0.309 e. The van der Waals surface area contributed by atoms with Crippen molar-refractivity contribution in [3.05, 3.63) is 63.2 Å². The zero-order valence-electron chi connectivity index (χ0n) is 17.0. The lowest BCUT2D eigenvalue weighted by Gasteiger charge is -2.21. The van der Waals surface area contributed by atoms with Gasteiger partial charge >= 0.3 is 0 Å². The molecule has 152 valence electrons. The van der Waals surface area contributed by atoms with E-state index in [1.165, 1.54) is 35.6 Å². The molecule has 0 aliphatic rings. The van der Waals surface area contributed by atoms with Crippen LogP contribution in [0.2, 0.25) is 0 Å². The molecule has 0 aliphatic carbocycles. The number of aromatic nitrogens is 1. The summed E-state index contributed by atoms with van der Waals surface area (Å²) in [6, 6.07) is 9.89. The van der Waals surface area contributed by atoms with E-state index in [-0.39, 0.29) is 11.6 Å². The molecule has 7 nitrogen and oxygen atoms in total. The smallest absolute Gasteiger partial charge is 0.269 e. The van der Waals surface area contributed by atoms with Gasteiger partial charge < -0.3 is 4.90 Å². The molecule has 2 aromatic carbocycles. The summed E-state index contributed by atoms with van der Waals surface area (Å²) in [4.78, 5) is 32.2. The molecule has 0 N–H and O–H groups in total. The SMILES string of the molecule is Cc1cc(C)c2nc(N(CCCN(C)C)C(=O)c3ccc([N+](=O)[O-])cc3)sc2c1. The third kappa shape index (κ3) is 4.78. The number of nitrogens with zero attached hydrogens (tertiary/aromatic N) is 4. The molecular weight excluding hydrogens is 388 g/mol. The van der Waals surface area contributed by atoms with Gasteiger partial charge in [-0.05, 0) is 70.2 Å². The molecule has 0 aliphatic heterocycles. The fraction of sp³-hybridized carbons (Fsp3) is 0.333. The summed E-state index contributed by atoms with van der Waals surface area (Å²) in [7, 11) is 3.98. The number of rotatable bonds is 7. The first kappa shape index (κ1) is 20.9. The summed E-state index contributed by atoms with van der Waals surface area (Å²) >= 11 is 1.50. The molecule has 1 amide bonds. The minimum atomic E-state index is -0.470. The molecule has 3 rings (SSSR count). The van der Waals surface area contributed by atoms with Crippen LogP contribution >= 0.6 is 11.3 Å². The summed E-state index contributed by atoms with van der Waals surface area (Å²) in [5.41, 5.74) is 3.52. The van der Waals surface area contributed by atoms with Crippen molar-refractivity contribution < 1.29 is 9.72 Å². The van der Waals surface area contributed by atoms with Crippen LogP contribution in [-0.2, 0) is 0 Å². The molecule has 0 saturated heterocycles. The van der Waals surface area contributed by atoms with E-state index in [4.69, 9.17) is 4.98 Å². The van der Waals surface area contributed by atoms with Crippen molar-refractivity contribution in [1.29, 1.82) is 0 Å². The molecule has 29 heavy (non-hydrogen) atoms. The van der Waals surface area contributed by atoms with Gasteiger partial charge in [0.15, 0.2) is 5.13 Å². The molecule has 3 aromatic rings. The van der Waals surface area contributed by atoms with Gasteiger partial charge in [0.05, 0.1) is 15.1 Å². The lowest BCUT2D eigenvalue weighted by molar-refractivity contribution is -0.384. The number of thiazole rings is 1. The Hall–Kier alpha value is -2.84. The topological polar surface area (TPSA) is 79.6 Å². The van der Waals surface area contributed by atoms with E-state index >= 15 is 0 Å². The van der Waals surface area contributed by atoms with E-state index in [9.17, 15) is 14.9 Å². The molecule has 0 saturated carbocycles. The second-order valence-electron chi connectivity index (χ2n) is 7.34. The molecule has 0 spiro atoms. The van der Waals surface area contributed by atoms with Crippen molar-refractivity contribution in [3.8, 4) is 0 Å². The normalized spacial score (nSPS) is 11.2. The number of carbonyl (C=O) groups excluding carboxylic acids is 1. The Balaban J connectivity index is 1.96. The van der Waals surface area contributed by atoms with Crippen LogP contribution in [0.15, 0.2) is 36.4 Å². The van der Waals surface area contributed by atoms with Crippen molar-refractivity contribution in [2.24, 2.45) is 0 Å². The number of nitro benzene ring substituents is 1. The highest BCUT2D eigenvalue weighted by Gasteiger charge is 2.22. The van der Waals surface area contributed by atoms with Crippen LogP contribution in [0.25, 0.3) is 10.2 Å². The van der Waals surface area contributed by atoms with Gasteiger partial charge in [0.25, 0.3) is 11.6 Å². The Morgan fingerprint density at radius 2 is 1.83 bits per heavy atom. The highest BCUT2D eigenvalue weighted by Crippen LogP contribution is 2.32. The minimum Gasteiger partial charge on any atom is -0.309 e. The zero-order chi connectivity index (χ0) is 21.1. The summed E-state index contributed by atoms with van der Waals surface area (Å²) in [6.45, 7) is 5.43. The number of hydrogen-bond acceptors (Lipinski definition) is 6. The molecule has 0 radical (unpaired) electrons. The Labute approximate surface area is 173 Å². The first-order valence-corrected chi connectivity index (χ1v) is 10.2. The van der Waals surface area contributed by atoms with Gasteiger partial charge in [-0.3, -0.25) is 19.8 Å². The Morgan fingerprint density at radius 3 is 2.45 bits per heavy atom. The second-order valence-corrected chi connectivity index (χ2v) is 8.35. The molecule has 1 aromatic heterocycles. The summed E-state index contributed by atoms with van der Waals surface area (Å²) in [5.74, 6) is -0.202. The van der Waals surface area contributed by atoms with Gasteiger partial charge in [-0.25, -0.2) is 4.98 Å². The molecule has 0 bridgehead atoms. The van der Waals surface area contributed by atoms with Crippen LogP contribution in [0.1, 0.15) is 27.9 Å². The van der Waals surface area contributed by atoms with E-state index in [1.54, 1.807) is 4.90 Å². The van der Waals surface area contributed by atoms with E-state index in [1.807, 2.05) is 27.9 Å². The molecule has 1 heterocycles. The average Bonchev–Trinajstić information content (AvgIpc) is 3.08. The number of carbonyl (C=O) groups is 1. The van der Waals surface area contributed by atoms with Gasteiger partial charge in [-0.1, -0.05) is 17.4 Å². The summed E-state index contributed by atoms with van der Waals surface area (Å²) in [5, 5.41) is 11.5. The highest BCUT2D eigenvalue weighted by molar-refractivity contribution is 7.22. The van der Waals surface area contributed by atoms with E-state index in [0.717, 1.165) is 34.3 Å². The van der Waals surface area contributed by atoms with E-state index in [0.29, 0.717) is 17.2 Å². The fourth-order valence-corrected chi connectivity index (χ4v) is 4.35. The van der Waals surface area contributed by atoms with Crippen LogP contribution in [0, 0.1) is 24.0 Å². The third-order valence-corrected chi connectivity index (χ3v) is 5.63. The van der Waals surface area contributed by atoms with Crippen molar-refractivity contribution in [1.82, 2.24) is 9.88 Å². The number of fused-ring (bicyclic) bond motifs is 1. The summed E-state index contributed by atoms with van der Waals surface area (Å²) < 4.78 is 1.05. The summed E-state index contributed by atoms with van der Waals surface area (Å²) in [6.07, 6.45) is 0.791. The monoisotopic (exact) mass is 412 g/mol. The van der Waals surface area contributed by atoms with Crippen molar-refractivity contribution in [2.75, 3.05) is 32.1 Å². The van der Waals surface area contributed by atoms with Gasteiger partial charge in [-0.2, -0.15) is 0 Å². The number of nitro groups is 1. The first-order valence-electron chi connectivity index (χ1n) is 9.35. The maximum Gasteiger partial charge on any atom is 0.269 e. The Kier molecular flexibility index (Phi) is 6.24. The minimum absolute atomic E-state index is 0.0354. The quantitative estimate of drug-likeness (QED) is 0.424. The van der Waals surface area contributed by atoms with E-state index < -0.39 is 4.92 Å². The van der Waals surface area contributed by atoms with Crippen molar-refractivity contribution in [3.63, 3.8) is 0 Å². The second kappa shape index (κ2) is 8.67. The maximum absolute atomic E-state index is 13.2. The lowest BCUT2D eigenvalue weighted by atomic mass is 10.1.